The van der Waals surface area contributed by atoms with Gasteiger partial charge in [0.2, 0.25) is 5.91 Å². The molecule has 0 aromatic heterocycles. The third kappa shape index (κ3) is 4.07. The van der Waals surface area contributed by atoms with Gasteiger partial charge in [-0.3, -0.25) is 4.79 Å². The molecule has 1 unspecified atom stereocenters. The maximum atomic E-state index is 12.5. The highest BCUT2D eigenvalue weighted by Gasteiger charge is 2.50. The first kappa shape index (κ1) is 22.1. The number of hydrogen-bond donors (Lipinski definition) is 2. The number of carbonyl (C=O) groups excluding carboxylic acids is 1. The number of fused-ring (bicyclic) bond motifs is 3. The van der Waals surface area contributed by atoms with Crippen molar-refractivity contribution < 1.29 is 9.53 Å². The Labute approximate surface area is 191 Å². The molecule has 2 heterocycles. The molecule has 2 aromatic carbocycles. The molecule has 1 saturated heterocycles. The average Bonchev–Trinajstić information content (AvgIpc) is 3.58. The molecule has 2 aliphatic heterocycles. The van der Waals surface area contributed by atoms with Crippen LogP contribution in [0.5, 0.6) is 5.75 Å². The minimum atomic E-state index is 0. The SMILES string of the molecule is COc1cc2c(cc1CN[C@@H]1CC[C@@H](C)N[C@@H]1c1ccccc1)N(C)C(=O)[C@H]1CC21.Cl. The van der Waals surface area contributed by atoms with Crippen LogP contribution in [0, 0.1) is 5.92 Å². The van der Waals surface area contributed by atoms with E-state index in [4.69, 9.17) is 4.74 Å². The molecule has 31 heavy (non-hydrogen) atoms. The molecule has 1 saturated carbocycles. The van der Waals surface area contributed by atoms with Crippen LogP contribution in [0.3, 0.4) is 0 Å². The molecule has 3 aliphatic rings. The predicted molar refractivity (Wildman–Crippen MR) is 126 cm³/mol. The van der Waals surface area contributed by atoms with Crippen LogP contribution in [-0.2, 0) is 11.3 Å². The van der Waals surface area contributed by atoms with E-state index >= 15 is 0 Å². The zero-order chi connectivity index (χ0) is 20.8. The summed E-state index contributed by atoms with van der Waals surface area (Å²) in [6.07, 6.45) is 3.26. The fourth-order valence-corrected chi connectivity index (χ4v) is 5.27. The Hall–Kier alpha value is -2.08. The van der Waals surface area contributed by atoms with Crippen LogP contribution < -0.4 is 20.3 Å². The zero-order valence-corrected chi connectivity index (χ0v) is 19.2. The van der Waals surface area contributed by atoms with E-state index < -0.39 is 0 Å². The molecular formula is C25H32ClN3O2. The van der Waals surface area contributed by atoms with Gasteiger partial charge in [-0.15, -0.1) is 12.4 Å². The standard InChI is InChI=1S/C25H31N3O2.ClH/c1-15-9-10-21(24(27-15)16-7-5-4-6-8-16)26-14-17-11-22-19(13-23(17)30-3)18-12-20(18)25(29)28(22)2;/h4-8,11,13,15,18,20-21,24,26-27H,9-10,12,14H2,1-3H3;1H/t15-,18?,20+,21-,24-;/m1./s1. The van der Waals surface area contributed by atoms with Gasteiger partial charge in [0.25, 0.3) is 0 Å². The molecular weight excluding hydrogens is 410 g/mol. The van der Waals surface area contributed by atoms with Crippen molar-refractivity contribution in [3.63, 3.8) is 0 Å². The summed E-state index contributed by atoms with van der Waals surface area (Å²) in [5.74, 6) is 1.73. The van der Waals surface area contributed by atoms with E-state index in [0.29, 0.717) is 18.0 Å². The number of piperidine rings is 1. The molecule has 5 nitrogen and oxygen atoms in total. The molecule has 2 aromatic rings. The summed E-state index contributed by atoms with van der Waals surface area (Å²) in [6, 6.07) is 16.2. The first-order valence-corrected chi connectivity index (χ1v) is 11.1. The van der Waals surface area contributed by atoms with Crippen LogP contribution in [0.4, 0.5) is 5.69 Å². The normalized spacial score (nSPS) is 28.9. The Balaban J connectivity index is 0.00000231. The summed E-state index contributed by atoms with van der Waals surface area (Å²) in [5, 5.41) is 7.57. The summed E-state index contributed by atoms with van der Waals surface area (Å²) in [5.41, 5.74) is 4.74. The molecule has 1 aliphatic carbocycles. The number of ether oxygens (including phenoxy) is 1. The monoisotopic (exact) mass is 441 g/mol. The summed E-state index contributed by atoms with van der Waals surface area (Å²) < 4.78 is 5.75. The number of halogens is 1. The Morgan fingerprint density at radius 2 is 1.94 bits per heavy atom. The summed E-state index contributed by atoms with van der Waals surface area (Å²) in [6.45, 7) is 2.98. The van der Waals surface area contributed by atoms with Crippen molar-refractivity contribution in [3.8, 4) is 5.75 Å². The van der Waals surface area contributed by atoms with Crippen LogP contribution in [0.15, 0.2) is 42.5 Å². The van der Waals surface area contributed by atoms with E-state index in [1.54, 1.807) is 7.11 Å². The molecule has 2 N–H and O–H groups in total. The molecule has 0 radical (unpaired) electrons. The van der Waals surface area contributed by atoms with Crippen LogP contribution in [0.25, 0.3) is 0 Å². The lowest BCUT2D eigenvalue weighted by Gasteiger charge is -2.37. The number of methoxy groups -OCH3 is 1. The Bertz CT molecular complexity index is 951. The van der Waals surface area contributed by atoms with Gasteiger partial charge < -0.3 is 20.3 Å². The van der Waals surface area contributed by atoms with Gasteiger partial charge in [-0.25, -0.2) is 0 Å². The van der Waals surface area contributed by atoms with Gasteiger partial charge in [0.05, 0.1) is 7.11 Å². The summed E-state index contributed by atoms with van der Waals surface area (Å²) in [7, 11) is 3.64. The second-order valence-electron chi connectivity index (χ2n) is 9.09. The Morgan fingerprint density at radius 1 is 1.16 bits per heavy atom. The largest absolute Gasteiger partial charge is 0.496 e. The number of amides is 1. The van der Waals surface area contributed by atoms with Crippen molar-refractivity contribution in [3.05, 3.63) is 59.2 Å². The lowest BCUT2D eigenvalue weighted by Crippen LogP contribution is -2.49. The summed E-state index contributed by atoms with van der Waals surface area (Å²) >= 11 is 0. The zero-order valence-electron chi connectivity index (χ0n) is 18.4. The van der Waals surface area contributed by atoms with Crippen molar-refractivity contribution in [2.45, 2.75) is 56.8 Å². The molecule has 166 valence electrons. The minimum absolute atomic E-state index is 0. The quantitative estimate of drug-likeness (QED) is 0.731. The first-order chi connectivity index (χ1) is 14.6. The van der Waals surface area contributed by atoms with Gasteiger partial charge in [-0.1, -0.05) is 30.3 Å². The number of nitrogens with one attached hydrogen (secondary N) is 2. The van der Waals surface area contributed by atoms with Crippen molar-refractivity contribution >= 4 is 24.0 Å². The van der Waals surface area contributed by atoms with E-state index in [2.05, 4.69) is 60.0 Å². The lowest BCUT2D eigenvalue weighted by molar-refractivity contribution is -0.119. The molecule has 0 bridgehead atoms. The van der Waals surface area contributed by atoms with Gasteiger partial charge in [-0.05, 0) is 55.4 Å². The average molecular weight is 442 g/mol. The molecule has 1 amide bonds. The van der Waals surface area contributed by atoms with Crippen LogP contribution in [-0.4, -0.2) is 32.1 Å². The van der Waals surface area contributed by atoms with Gasteiger partial charge in [0, 0.05) is 48.9 Å². The lowest BCUT2D eigenvalue weighted by atomic mass is 9.89. The maximum Gasteiger partial charge on any atom is 0.230 e. The number of carbonyl (C=O) groups is 1. The fourth-order valence-electron chi connectivity index (χ4n) is 5.27. The number of anilines is 1. The van der Waals surface area contributed by atoms with E-state index in [-0.39, 0.29) is 30.3 Å². The second kappa shape index (κ2) is 8.81. The number of benzene rings is 2. The van der Waals surface area contributed by atoms with Crippen LogP contribution in [0.1, 0.15) is 54.8 Å². The van der Waals surface area contributed by atoms with E-state index in [9.17, 15) is 4.79 Å². The third-order valence-electron chi connectivity index (χ3n) is 7.12. The van der Waals surface area contributed by atoms with E-state index in [1.165, 1.54) is 11.1 Å². The van der Waals surface area contributed by atoms with Gasteiger partial charge in [0.15, 0.2) is 0 Å². The third-order valence-corrected chi connectivity index (χ3v) is 7.12. The molecule has 5 atom stereocenters. The number of rotatable bonds is 5. The van der Waals surface area contributed by atoms with Gasteiger partial charge in [-0.2, -0.15) is 0 Å². The van der Waals surface area contributed by atoms with Crippen molar-refractivity contribution in [2.75, 3.05) is 19.1 Å². The highest BCUT2D eigenvalue weighted by atomic mass is 35.5. The van der Waals surface area contributed by atoms with Crippen molar-refractivity contribution in [1.29, 1.82) is 0 Å². The van der Waals surface area contributed by atoms with Crippen LogP contribution >= 0.6 is 12.4 Å². The Kier molecular flexibility index (Phi) is 6.29. The van der Waals surface area contributed by atoms with Gasteiger partial charge in [0.1, 0.15) is 5.75 Å². The predicted octanol–water partition coefficient (Wildman–Crippen LogP) is 4.17. The van der Waals surface area contributed by atoms with Crippen LogP contribution in [0.2, 0.25) is 0 Å². The van der Waals surface area contributed by atoms with E-state index in [1.807, 2.05) is 11.9 Å². The molecule has 0 spiro atoms. The highest BCUT2D eigenvalue weighted by Crippen LogP contribution is 2.56. The Morgan fingerprint density at radius 3 is 2.68 bits per heavy atom. The maximum absolute atomic E-state index is 12.5. The highest BCUT2D eigenvalue weighted by molar-refractivity contribution is 6.01. The summed E-state index contributed by atoms with van der Waals surface area (Å²) in [4.78, 5) is 14.3. The van der Waals surface area contributed by atoms with Crippen molar-refractivity contribution in [2.24, 2.45) is 5.92 Å². The number of hydrogen-bond acceptors (Lipinski definition) is 4. The molecule has 6 heteroatoms. The first-order valence-electron chi connectivity index (χ1n) is 11.1. The number of nitrogens with zero attached hydrogens (tertiary/aromatic N) is 1. The fraction of sp³-hybridized carbons (Fsp3) is 0.480. The topological polar surface area (TPSA) is 53.6 Å². The minimum Gasteiger partial charge on any atom is -0.496 e. The second-order valence-corrected chi connectivity index (χ2v) is 9.09. The van der Waals surface area contributed by atoms with E-state index in [0.717, 1.165) is 42.8 Å². The van der Waals surface area contributed by atoms with Gasteiger partial charge >= 0.3 is 0 Å². The van der Waals surface area contributed by atoms with Crippen molar-refractivity contribution in [1.82, 2.24) is 10.6 Å². The smallest absolute Gasteiger partial charge is 0.230 e. The molecule has 5 rings (SSSR count). The molecule has 2 fully saturated rings.